The maximum absolute atomic E-state index is 13.0. The molecular weight excluding hydrogens is 462 g/mol. The minimum atomic E-state index is -3.27. The van der Waals surface area contributed by atoms with Crippen LogP contribution in [0.1, 0.15) is 49.2 Å². The fourth-order valence-corrected chi connectivity index (χ4v) is 5.61. The number of anilines is 1. The number of carbonyl (C=O) groups excluding carboxylic acids is 1. The number of urea groups is 1. The van der Waals surface area contributed by atoms with Crippen molar-refractivity contribution in [3.8, 4) is 17.2 Å². The molecule has 35 heavy (non-hydrogen) atoms. The summed E-state index contributed by atoms with van der Waals surface area (Å²) in [4.78, 5) is 21.6. The smallest absolute Gasteiger partial charge is 0.319 e. The highest BCUT2D eigenvalue weighted by Crippen LogP contribution is 2.36. The Labute approximate surface area is 205 Å². The predicted molar refractivity (Wildman–Crippen MR) is 133 cm³/mol. The summed E-state index contributed by atoms with van der Waals surface area (Å²) in [5.74, 6) is 0.0880. The second-order valence-corrected chi connectivity index (χ2v) is 10.9. The highest BCUT2D eigenvalue weighted by atomic mass is 32.2. The summed E-state index contributed by atoms with van der Waals surface area (Å²) in [6.07, 6.45) is 7.24. The molecule has 2 N–H and O–H groups in total. The van der Waals surface area contributed by atoms with E-state index in [1.807, 2.05) is 24.3 Å². The van der Waals surface area contributed by atoms with Gasteiger partial charge in [0.15, 0.2) is 9.84 Å². The average Bonchev–Trinajstić information content (AvgIpc) is 2.84. The largest absolute Gasteiger partial charge is 0.327 e. The zero-order valence-corrected chi connectivity index (χ0v) is 20.5. The molecule has 2 aromatic carbocycles. The van der Waals surface area contributed by atoms with E-state index < -0.39 is 15.4 Å². The zero-order valence-electron chi connectivity index (χ0n) is 19.7. The minimum Gasteiger partial charge on any atom is -0.327 e. The van der Waals surface area contributed by atoms with Crippen molar-refractivity contribution in [3.05, 3.63) is 71.8 Å². The zero-order chi connectivity index (χ0) is 25.1. The van der Waals surface area contributed by atoms with Gasteiger partial charge in [-0.25, -0.2) is 23.2 Å². The molecule has 1 saturated carbocycles. The lowest BCUT2D eigenvalue weighted by Crippen LogP contribution is -2.49. The van der Waals surface area contributed by atoms with Crippen LogP contribution in [0, 0.1) is 18.3 Å². The molecule has 1 aliphatic rings. The first-order valence-electron chi connectivity index (χ1n) is 11.4. The number of aryl methyl sites for hydroxylation is 1. The van der Waals surface area contributed by atoms with Gasteiger partial charge in [-0.05, 0) is 60.7 Å². The fraction of sp³-hybridized carbons (Fsp3) is 0.308. The van der Waals surface area contributed by atoms with Gasteiger partial charge in [-0.3, -0.25) is 0 Å². The minimum absolute atomic E-state index is 0.0880. The molecule has 180 valence electrons. The van der Waals surface area contributed by atoms with Crippen molar-refractivity contribution >= 4 is 21.6 Å². The van der Waals surface area contributed by atoms with Crippen LogP contribution in [0.3, 0.4) is 0 Å². The summed E-state index contributed by atoms with van der Waals surface area (Å²) in [7, 11) is -3.27. The van der Waals surface area contributed by atoms with E-state index in [0.29, 0.717) is 21.8 Å². The number of carbonyl (C=O) groups is 1. The molecule has 9 heteroatoms. The van der Waals surface area contributed by atoms with Crippen molar-refractivity contribution in [1.29, 1.82) is 5.26 Å². The number of aromatic nitrogens is 2. The maximum Gasteiger partial charge on any atom is 0.319 e. The molecule has 4 rings (SSSR count). The monoisotopic (exact) mass is 489 g/mol. The third kappa shape index (κ3) is 5.49. The van der Waals surface area contributed by atoms with E-state index in [0.717, 1.165) is 43.2 Å². The molecule has 1 heterocycles. The van der Waals surface area contributed by atoms with Crippen molar-refractivity contribution < 1.29 is 13.2 Å². The molecule has 1 fully saturated rings. The SMILES string of the molecule is Cc1cc(-c2ccc(NC(=O)NC3(c4ccnc(C#N)n4)CCCCC3)cc2)ccc1S(C)(=O)=O. The number of nitriles is 1. The highest BCUT2D eigenvalue weighted by Gasteiger charge is 2.37. The molecule has 1 aliphatic carbocycles. The van der Waals surface area contributed by atoms with Gasteiger partial charge in [0.2, 0.25) is 5.82 Å². The number of nitrogens with zero attached hydrogens (tertiary/aromatic N) is 3. The molecule has 0 radical (unpaired) electrons. The Morgan fingerprint density at radius 2 is 1.71 bits per heavy atom. The molecule has 0 atom stereocenters. The van der Waals surface area contributed by atoms with E-state index in [1.165, 1.54) is 6.26 Å². The van der Waals surface area contributed by atoms with Crippen LogP contribution in [0.2, 0.25) is 0 Å². The van der Waals surface area contributed by atoms with Crippen LogP contribution in [0.4, 0.5) is 10.5 Å². The summed E-state index contributed by atoms with van der Waals surface area (Å²) in [6, 6.07) is 16.0. The summed E-state index contributed by atoms with van der Waals surface area (Å²) in [5, 5.41) is 15.2. The normalized spacial score (nSPS) is 15.1. The Bertz CT molecular complexity index is 1390. The number of hydrogen-bond donors (Lipinski definition) is 2. The first-order valence-corrected chi connectivity index (χ1v) is 13.3. The molecule has 0 unspecified atom stereocenters. The highest BCUT2D eigenvalue weighted by molar-refractivity contribution is 7.90. The van der Waals surface area contributed by atoms with E-state index >= 15 is 0 Å². The van der Waals surface area contributed by atoms with Gasteiger partial charge in [-0.1, -0.05) is 43.5 Å². The van der Waals surface area contributed by atoms with Gasteiger partial charge in [0.25, 0.3) is 0 Å². The molecule has 1 aromatic heterocycles. The van der Waals surface area contributed by atoms with Gasteiger partial charge < -0.3 is 10.6 Å². The Kier molecular flexibility index (Phi) is 6.85. The standard InChI is InChI=1S/C26H27N5O3S/c1-18-16-20(8-11-22(18)35(2,33)34)19-6-9-21(10-7-19)29-25(32)31-26(13-4-3-5-14-26)23-12-15-28-24(17-27)30-23/h6-12,15-16H,3-5,13-14H2,1-2H3,(H2,29,31,32). The number of nitrogens with one attached hydrogen (secondary N) is 2. The summed E-state index contributed by atoms with van der Waals surface area (Å²) in [6.45, 7) is 1.78. The first kappa shape index (κ1) is 24.4. The van der Waals surface area contributed by atoms with Crippen molar-refractivity contribution in [3.63, 3.8) is 0 Å². The Morgan fingerprint density at radius 1 is 1.03 bits per heavy atom. The molecule has 2 amide bonds. The van der Waals surface area contributed by atoms with Crippen LogP contribution >= 0.6 is 0 Å². The van der Waals surface area contributed by atoms with Crippen LogP contribution in [0.15, 0.2) is 59.6 Å². The van der Waals surface area contributed by atoms with Gasteiger partial charge in [0, 0.05) is 18.1 Å². The van der Waals surface area contributed by atoms with Gasteiger partial charge >= 0.3 is 6.03 Å². The molecule has 0 aliphatic heterocycles. The second-order valence-electron chi connectivity index (χ2n) is 8.93. The van der Waals surface area contributed by atoms with Crippen molar-refractivity contribution in [2.45, 2.75) is 49.5 Å². The average molecular weight is 490 g/mol. The lowest BCUT2D eigenvalue weighted by Gasteiger charge is -2.37. The molecule has 8 nitrogen and oxygen atoms in total. The Morgan fingerprint density at radius 3 is 2.34 bits per heavy atom. The van der Waals surface area contributed by atoms with E-state index in [-0.39, 0.29) is 11.9 Å². The predicted octanol–water partition coefficient (Wildman–Crippen LogP) is 4.71. The summed E-state index contributed by atoms with van der Waals surface area (Å²) >= 11 is 0. The number of hydrogen-bond acceptors (Lipinski definition) is 6. The van der Waals surface area contributed by atoms with Gasteiger partial charge in [-0.2, -0.15) is 5.26 Å². The van der Waals surface area contributed by atoms with Crippen LogP contribution in [-0.2, 0) is 15.4 Å². The lowest BCUT2D eigenvalue weighted by molar-refractivity contribution is 0.209. The van der Waals surface area contributed by atoms with Crippen LogP contribution in [0.5, 0.6) is 0 Å². The number of benzene rings is 2. The van der Waals surface area contributed by atoms with Gasteiger partial charge in [0.1, 0.15) is 6.07 Å². The first-order chi connectivity index (χ1) is 16.7. The second kappa shape index (κ2) is 9.84. The van der Waals surface area contributed by atoms with E-state index in [9.17, 15) is 18.5 Å². The van der Waals surface area contributed by atoms with Crippen LogP contribution < -0.4 is 10.6 Å². The molecule has 0 bridgehead atoms. The van der Waals surface area contributed by atoms with Crippen molar-refractivity contribution in [2.24, 2.45) is 0 Å². The fourth-order valence-electron chi connectivity index (χ4n) is 4.65. The van der Waals surface area contributed by atoms with E-state index in [1.54, 1.807) is 43.5 Å². The molecule has 3 aromatic rings. The van der Waals surface area contributed by atoms with E-state index in [2.05, 4.69) is 20.6 Å². The molecular formula is C26H27N5O3S. The van der Waals surface area contributed by atoms with Gasteiger partial charge in [-0.15, -0.1) is 0 Å². The Balaban J connectivity index is 1.50. The topological polar surface area (TPSA) is 125 Å². The maximum atomic E-state index is 13.0. The quantitative estimate of drug-likeness (QED) is 0.535. The number of sulfone groups is 1. The molecule has 0 saturated heterocycles. The van der Waals surface area contributed by atoms with Crippen LogP contribution in [0.25, 0.3) is 11.1 Å². The van der Waals surface area contributed by atoms with Gasteiger partial charge in [0.05, 0.1) is 16.1 Å². The number of rotatable bonds is 5. The third-order valence-corrected chi connectivity index (χ3v) is 7.61. The Hall–Kier alpha value is -3.77. The van der Waals surface area contributed by atoms with E-state index in [4.69, 9.17) is 0 Å². The van der Waals surface area contributed by atoms with Crippen LogP contribution in [-0.4, -0.2) is 30.7 Å². The number of amides is 2. The summed E-state index contributed by atoms with van der Waals surface area (Å²) < 4.78 is 23.7. The summed E-state index contributed by atoms with van der Waals surface area (Å²) in [5.41, 5.74) is 3.13. The lowest BCUT2D eigenvalue weighted by atomic mass is 9.79. The van der Waals surface area contributed by atoms with Crippen molar-refractivity contribution in [1.82, 2.24) is 15.3 Å². The molecule has 0 spiro atoms. The van der Waals surface area contributed by atoms with Crippen molar-refractivity contribution in [2.75, 3.05) is 11.6 Å². The third-order valence-electron chi connectivity index (χ3n) is 6.36.